The molecule has 0 unspecified atom stereocenters. The Hall–Kier alpha value is -1.27. The van der Waals surface area contributed by atoms with E-state index in [-0.39, 0.29) is 28.7 Å². The van der Waals surface area contributed by atoms with Gasteiger partial charge >= 0.3 is 6.09 Å². The van der Waals surface area contributed by atoms with E-state index in [4.69, 9.17) is 32.7 Å². The number of hydrogen-bond donors (Lipinski definition) is 0. The number of ether oxygens (including phenoxy) is 2. The van der Waals surface area contributed by atoms with Crippen LogP contribution in [0.2, 0.25) is 10.4 Å². The summed E-state index contributed by atoms with van der Waals surface area (Å²) in [7, 11) is 1.73. The van der Waals surface area contributed by atoms with Crippen molar-refractivity contribution in [1.82, 2.24) is 14.9 Å². The Morgan fingerprint density at radius 3 is 2.50 bits per heavy atom. The van der Waals surface area contributed by atoms with Gasteiger partial charge in [-0.15, -0.1) is 0 Å². The number of nitrogens with zero attached hydrogens (tertiary/aromatic N) is 3. The molecular formula is C14H19Cl2N3O3. The van der Waals surface area contributed by atoms with Crippen molar-refractivity contribution in [1.29, 1.82) is 0 Å². The summed E-state index contributed by atoms with van der Waals surface area (Å²) in [6, 6.07) is 1.60. The number of carbonyl (C=O) groups excluding carboxylic acids is 1. The van der Waals surface area contributed by atoms with Crippen molar-refractivity contribution in [2.45, 2.75) is 51.4 Å². The maximum Gasteiger partial charge on any atom is 0.410 e. The molecule has 1 fully saturated rings. The Morgan fingerprint density at radius 2 is 1.95 bits per heavy atom. The lowest BCUT2D eigenvalue weighted by Crippen LogP contribution is -2.51. The predicted octanol–water partition coefficient (Wildman–Crippen LogP) is 3.56. The van der Waals surface area contributed by atoms with E-state index in [9.17, 15) is 4.79 Å². The number of hydrogen-bond acceptors (Lipinski definition) is 5. The number of carbonyl (C=O) groups is 1. The fourth-order valence-corrected chi connectivity index (χ4v) is 2.43. The highest BCUT2D eigenvalue weighted by atomic mass is 35.5. The Kier molecular flexibility index (Phi) is 5.02. The highest BCUT2D eigenvalue weighted by molar-refractivity contribution is 6.31. The SMILES string of the molecule is CN(C(=O)OC(C)(C)C)C1CC(Oc2cc(Cl)nc(Cl)n2)C1. The minimum absolute atomic E-state index is 0.0306. The highest BCUT2D eigenvalue weighted by Gasteiger charge is 2.37. The van der Waals surface area contributed by atoms with Gasteiger partial charge in [0, 0.05) is 32.0 Å². The molecule has 1 saturated carbocycles. The number of aromatic nitrogens is 2. The smallest absolute Gasteiger partial charge is 0.410 e. The van der Waals surface area contributed by atoms with Crippen molar-refractivity contribution < 1.29 is 14.3 Å². The van der Waals surface area contributed by atoms with E-state index in [1.54, 1.807) is 11.9 Å². The molecule has 1 amide bonds. The van der Waals surface area contributed by atoms with Crippen molar-refractivity contribution in [3.05, 3.63) is 16.5 Å². The molecular weight excluding hydrogens is 329 g/mol. The van der Waals surface area contributed by atoms with Gasteiger partial charge in [0.25, 0.3) is 0 Å². The summed E-state index contributed by atoms with van der Waals surface area (Å²) in [5.41, 5.74) is -0.501. The predicted molar refractivity (Wildman–Crippen MR) is 83.5 cm³/mol. The normalized spacial score (nSPS) is 21.0. The minimum Gasteiger partial charge on any atom is -0.474 e. The first-order chi connectivity index (χ1) is 10.1. The fraction of sp³-hybridized carbons (Fsp3) is 0.643. The van der Waals surface area contributed by atoms with Gasteiger partial charge in [0.1, 0.15) is 16.9 Å². The van der Waals surface area contributed by atoms with Crippen molar-refractivity contribution in [2.24, 2.45) is 0 Å². The molecule has 0 bridgehead atoms. The molecule has 1 heterocycles. The third kappa shape index (κ3) is 4.61. The van der Waals surface area contributed by atoms with E-state index in [0.29, 0.717) is 18.7 Å². The third-order valence-corrected chi connectivity index (χ3v) is 3.59. The van der Waals surface area contributed by atoms with E-state index in [1.807, 2.05) is 20.8 Å². The molecule has 22 heavy (non-hydrogen) atoms. The molecule has 0 spiro atoms. The lowest BCUT2D eigenvalue weighted by atomic mass is 9.88. The molecule has 1 aromatic heterocycles. The summed E-state index contributed by atoms with van der Waals surface area (Å²) in [4.78, 5) is 21.3. The number of rotatable bonds is 3. The largest absolute Gasteiger partial charge is 0.474 e. The van der Waals surface area contributed by atoms with Crippen LogP contribution < -0.4 is 4.74 Å². The number of amides is 1. The van der Waals surface area contributed by atoms with Gasteiger partial charge in [0.05, 0.1) is 0 Å². The van der Waals surface area contributed by atoms with Gasteiger partial charge in [-0.05, 0) is 32.4 Å². The summed E-state index contributed by atoms with van der Waals surface area (Å²) < 4.78 is 11.0. The first kappa shape index (κ1) is 17.1. The summed E-state index contributed by atoms with van der Waals surface area (Å²) >= 11 is 11.5. The Labute approximate surface area is 139 Å². The molecule has 0 aromatic carbocycles. The molecule has 8 heteroatoms. The standard InChI is InChI=1S/C14H19Cl2N3O3/c1-14(2,3)22-13(20)19(4)8-5-9(6-8)21-11-7-10(15)17-12(16)18-11/h7-9H,5-6H2,1-4H3. The molecule has 0 saturated heterocycles. The molecule has 0 N–H and O–H groups in total. The lowest BCUT2D eigenvalue weighted by Gasteiger charge is -2.40. The monoisotopic (exact) mass is 347 g/mol. The van der Waals surface area contributed by atoms with E-state index in [1.165, 1.54) is 6.07 Å². The van der Waals surface area contributed by atoms with Gasteiger partial charge in [-0.25, -0.2) is 9.78 Å². The van der Waals surface area contributed by atoms with Crippen LogP contribution in [0.1, 0.15) is 33.6 Å². The van der Waals surface area contributed by atoms with E-state index in [2.05, 4.69) is 9.97 Å². The Balaban J connectivity index is 1.83. The molecule has 0 atom stereocenters. The summed E-state index contributed by atoms with van der Waals surface area (Å²) in [5.74, 6) is 0.341. The molecule has 0 aliphatic heterocycles. The van der Waals surface area contributed by atoms with Crippen molar-refractivity contribution in [2.75, 3.05) is 7.05 Å². The van der Waals surface area contributed by atoms with E-state index in [0.717, 1.165) is 0 Å². The van der Waals surface area contributed by atoms with Crippen LogP contribution in [0.5, 0.6) is 5.88 Å². The Bertz CT molecular complexity index is 537. The van der Waals surface area contributed by atoms with Crippen LogP contribution in [0.25, 0.3) is 0 Å². The van der Waals surface area contributed by atoms with E-state index < -0.39 is 5.60 Å². The quantitative estimate of drug-likeness (QED) is 0.617. The van der Waals surface area contributed by atoms with Gasteiger partial charge in [-0.2, -0.15) is 4.98 Å². The van der Waals surface area contributed by atoms with Crippen LogP contribution in [0.4, 0.5) is 4.79 Å². The first-order valence-electron chi connectivity index (χ1n) is 6.96. The molecule has 122 valence electrons. The van der Waals surface area contributed by atoms with Crippen LogP contribution in [0.3, 0.4) is 0 Å². The molecule has 6 nitrogen and oxygen atoms in total. The van der Waals surface area contributed by atoms with Gasteiger partial charge in [-0.1, -0.05) is 11.6 Å². The number of halogens is 2. The van der Waals surface area contributed by atoms with Crippen LogP contribution in [0, 0.1) is 0 Å². The van der Waals surface area contributed by atoms with Gasteiger partial charge in [-0.3, -0.25) is 0 Å². The molecule has 2 rings (SSSR count). The molecule has 1 aliphatic carbocycles. The van der Waals surface area contributed by atoms with Crippen molar-refractivity contribution in [3.8, 4) is 5.88 Å². The van der Waals surface area contributed by atoms with Gasteiger partial charge in [0.15, 0.2) is 0 Å². The second-order valence-corrected chi connectivity index (χ2v) is 6.98. The van der Waals surface area contributed by atoms with Crippen LogP contribution in [-0.4, -0.2) is 45.8 Å². The summed E-state index contributed by atoms with van der Waals surface area (Å²) in [6.07, 6.45) is 1.05. The van der Waals surface area contributed by atoms with Gasteiger partial charge in [0.2, 0.25) is 11.2 Å². The van der Waals surface area contributed by atoms with Crippen molar-refractivity contribution in [3.63, 3.8) is 0 Å². The van der Waals surface area contributed by atoms with Gasteiger partial charge < -0.3 is 14.4 Å². The van der Waals surface area contributed by atoms with E-state index >= 15 is 0 Å². The topological polar surface area (TPSA) is 64.6 Å². The highest BCUT2D eigenvalue weighted by Crippen LogP contribution is 2.30. The minimum atomic E-state index is -0.501. The molecule has 1 aliphatic rings. The summed E-state index contributed by atoms with van der Waals surface area (Å²) in [5, 5.41) is 0.279. The average molecular weight is 348 g/mol. The second-order valence-electron chi connectivity index (χ2n) is 6.25. The Morgan fingerprint density at radius 1 is 1.32 bits per heavy atom. The third-order valence-electron chi connectivity index (χ3n) is 3.23. The van der Waals surface area contributed by atoms with Crippen LogP contribution in [0.15, 0.2) is 6.07 Å². The fourth-order valence-electron chi connectivity index (χ4n) is 2.03. The zero-order valence-electron chi connectivity index (χ0n) is 13.0. The zero-order chi connectivity index (χ0) is 16.5. The lowest BCUT2D eigenvalue weighted by molar-refractivity contribution is -0.00965. The maximum absolute atomic E-state index is 12.0. The second kappa shape index (κ2) is 6.46. The van der Waals surface area contributed by atoms with Crippen molar-refractivity contribution >= 4 is 29.3 Å². The van der Waals surface area contributed by atoms with Crippen LogP contribution >= 0.6 is 23.2 Å². The first-order valence-corrected chi connectivity index (χ1v) is 7.72. The maximum atomic E-state index is 12.0. The molecule has 0 radical (unpaired) electrons. The molecule has 1 aromatic rings. The summed E-state index contributed by atoms with van der Waals surface area (Å²) in [6.45, 7) is 5.52. The average Bonchev–Trinajstić information content (AvgIpc) is 2.29. The van der Waals surface area contributed by atoms with Crippen LogP contribution in [-0.2, 0) is 4.74 Å². The zero-order valence-corrected chi connectivity index (χ0v) is 14.5.